The standard InChI is InChI=1S/C19H23N3O3S/c1-26(24,25)21-17-7-5-6-16(12-17)19(23)20-13-15-10-11-22(14-15)18-8-3-2-4-9-18/h2-9,12,15,21H,10-11,13-14H2,1H3,(H,20,23). The Hall–Kier alpha value is -2.54. The zero-order valence-electron chi connectivity index (χ0n) is 14.7. The first-order valence-electron chi connectivity index (χ1n) is 8.57. The second-order valence-corrected chi connectivity index (χ2v) is 8.35. The Morgan fingerprint density at radius 2 is 1.92 bits per heavy atom. The SMILES string of the molecule is CS(=O)(=O)Nc1cccc(C(=O)NCC2CCN(c3ccccc3)C2)c1. The van der Waals surface area contributed by atoms with Gasteiger partial charge in [-0.1, -0.05) is 24.3 Å². The Balaban J connectivity index is 1.54. The molecular formula is C19H23N3O3S. The third-order valence-corrected chi connectivity index (χ3v) is 4.99. The second-order valence-electron chi connectivity index (χ2n) is 6.60. The van der Waals surface area contributed by atoms with Gasteiger partial charge in [0.2, 0.25) is 10.0 Å². The van der Waals surface area contributed by atoms with E-state index in [0.29, 0.717) is 23.7 Å². The number of hydrogen-bond donors (Lipinski definition) is 2. The highest BCUT2D eigenvalue weighted by Gasteiger charge is 2.23. The average molecular weight is 373 g/mol. The second kappa shape index (κ2) is 7.78. The van der Waals surface area contributed by atoms with Crippen molar-refractivity contribution in [2.75, 3.05) is 35.5 Å². The lowest BCUT2D eigenvalue weighted by Gasteiger charge is -2.18. The number of anilines is 2. The summed E-state index contributed by atoms with van der Waals surface area (Å²) in [5.41, 5.74) is 2.04. The van der Waals surface area contributed by atoms with Gasteiger partial charge in [0.15, 0.2) is 0 Å². The van der Waals surface area contributed by atoms with Crippen LogP contribution in [0.1, 0.15) is 16.8 Å². The minimum atomic E-state index is -3.36. The number of rotatable bonds is 6. The van der Waals surface area contributed by atoms with Gasteiger partial charge in [0.25, 0.3) is 5.91 Å². The van der Waals surface area contributed by atoms with Crippen molar-refractivity contribution in [1.29, 1.82) is 0 Å². The predicted molar refractivity (Wildman–Crippen MR) is 104 cm³/mol. The highest BCUT2D eigenvalue weighted by molar-refractivity contribution is 7.92. The van der Waals surface area contributed by atoms with E-state index in [9.17, 15) is 13.2 Å². The molecule has 26 heavy (non-hydrogen) atoms. The number of sulfonamides is 1. The minimum absolute atomic E-state index is 0.194. The largest absolute Gasteiger partial charge is 0.371 e. The molecule has 2 aromatic rings. The number of nitrogens with zero attached hydrogens (tertiary/aromatic N) is 1. The number of carbonyl (C=O) groups is 1. The number of nitrogens with one attached hydrogen (secondary N) is 2. The number of amides is 1. The molecule has 0 radical (unpaired) electrons. The maximum Gasteiger partial charge on any atom is 0.251 e. The van der Waals surface area contributed by atoms with Crippen molar-refractivity contribution in [2.45, 2.75) is 6.42 Å². The van der Waals surface area contributed by atoms with Crippen LogP contribution in [0.2, 0.25) is 0 Å². The van der Waals surface area contributed by atoms with Gasteiger partial charge >= 0.3 is 0 Å². The van der Waals surface area contributed by atoms with Crippen LogP contribution >= 0.6 is 0 Å². The van der Waals surface area contributed by atoms with Gasteiger partial charge in [-0.3, -0.25) is 9.52 Å². The number of benzene rings is 2. The molecule has 7 heteroatoms. The van der Waals surface area contributed by atoms with E-state index in [2.05, 4.69) is 27.1 Å². The fourth-order valence-electron chi connectivity index (χ4n) is 3.15. The summed E-state index contributed by atoms with van der Waals surface area (Å²) < 4.78 is 25.0. The van der Waals surface area contributed by atoms with Gasteiger partial charge in [-0.25, -0.2) is 8.42 Å². The molecule has 2 N–H and O–H groups in total. The van der Waals surface area contributed by atoms with Crippen LogP contribution in [-0.2, 0) is 10.0 Å². The Kier molecular flexibility index (Phi) is 5.46. The molecule has 0 spiro atoms. The van der Waals surface area contributed by atoms with Crippen molar-refractivity contribution in [3.63, 3.8) is 0 Å². The van der Waals surface area contributed by atoms with Crippen LogP contribution in [-0.4, -0.2) is 40.2 Å². The fraction of sp³-hybridized carbons (Fsp3) is 0.316. The van der Waals surface area contributed by atoms with Crippen molar-refractivity contribution in [3.8, 4) is 0 Å². The topological polar surface area (TPSA) is 78.5 Å². The van der Waals surface area contributed by atoms with Crippen LogP contribution < -0.4 is 14.9 Å². The van der Waals surface area contributed by atoms with E-state index in [-0.39, 0.29) is 5.91 Å². The zero-order chi connectivity index (χ0) is 18.6. The lowest BCUT2D eigenvalue weighted by Crippen LogP contribution is -2.31. The summed E-state index contributed by atoms with van der Waals surface area (Å²) in [5, 5.41) is 2.96. The predicted octanol–water partition coefficient (Wildman–Crippen LogP) is 2.31. The quantitative estimate of drug-likeness (QED) is 0.815. The van der Waals surface area contributed by atoms with Crippen molar-refractivity contribution in [2.24, 2.45) is 5.92 Å². The molecule has 138 valence electrons. The van der Waals surface area contributed by atoms with Crippen LogP contribution in [0.25, 0.3) is 0 Å². The van der Waals surface area contributed by atoms with Crippen molar-refractivity contribution in [3.05, 3.63) is 60.2 Å². The van der Waals surface area contributed by atoms with E-state index in [1.807, 2.05) is 18.2 Å². The summed E-state index contributed by atoms with van der Waals surface area (Å²) in [6, 6.07) is 16.8. The van der Waals surface area contributed by atoms with E-state index in [4.69, 9.17) is 0 Å². The molecule has 0 saturated carbocycles. The normalized spacial score (nSPS) is 17.1. The molecule has 6 nitrogen and oxygen atoms in total. The molecule has 1 aliphatic heterocycles. The Labute approximate surface area is 154 Å². The van der Waals surface area contributed by atoms with Crippen molar-refractivity contribution in [1.82, 2.24) is 5.32 Å². The van der Waals surface area contributed by atoms with Crippen LogP contribution in [0, 0.1) is 5.92 Å². The summed E-state index contributed by atoms with van der Waals surface area (Å²) in [7, 11) is -3.36. The van der Waals surface area contributed by atoms with Crippen molar-refractivity contribution < 1.29 is 13.2 Å². The summed E-state index contributed by atoms with van der Waals surface area (Å²) >= 11 is 0. The van der Waals surface area contributed by atoms with Crippen LogP contribution in [0.5, 0.6) is 0 Å². The van der Waals surface area contributed by atoms with Crippen LogP contribution in [0.4, 0.5) is 11.4 Å². The number of hydrogen-bond acceptors (Lipinski definition) is 4. The van der Waals surface area contributed by atoms with E-state index in [0.717, 1.165) is 25.8 Å². The van der Waals surface area contributed by atoms with E-state index < -0.39 is 10.0 Å². The molecule has 2 aromatic carbocycles. The number of carbonyl (C=O) groups excluding carboxylic acids is 1. The summed E-state index contributed by atoms with van der Waals surface area (Å²) in [6.45, 7) is 2.50. The summed E-state index contributed by atoms with van der Waals surface area (Å²) in [5.74, 6) is 0.205. The molecule has 1 aliphatic rings. The number of para-hydroxylation sites is 1. The molecule has 1 fully saturated rings. The molecule has 1 saturated heterocycles. The van der Waals surface area contributed by atoms with Gasteiger partial charge in [0.05, 0.1) is 6.26 Å². The van der Waals surface area contributed by atoms with Crippen LogP contribution in [0.15, 0.2) is 54.6 Å². The molecule has 0 aromatic heterocycles. The summed E-state index contributed by atoms with van der Waals surface area (Å²) in [6.07, 6.45) is 2.11. The lowest BCUT2D eigenvalue weighted by atomic mass is 10.1. The first kappa shape index (κ1) is 18.3. The van der Waals surface area contributed by atoms with Gasteiger partial charge in [0, 0.05) is 36.6 Å². The Morgan fingerprint density at radius 3 is 2.65 bits per heavy atom. The third-order valence-electron chi connectivity index (χ3n) is 4.39. The monoisotopic (exact) mass is 373 g/mol. The third kappa shape index (κ3) is 4.98. The van der Waals surface area contributed by atoms with Gasteiger partial charge in [-0.05, 0) is 42.7 Å². The molecule has 1 atom stereocenters. The minimum Gasteiger partial charge on any atom is -0.371 e. The molecule has 3 rings (SSSR count). The molecule has 0 aliphatic carbocycles. The van der Waals surface area contributed by atoms with E-state index in [1.165, 1.54) is 5.69 Å². The molecule has 1 amide bonds. The van der Waals surface area contributed by atoms with E-state index in [1.54, 1.807) is 24.3 Å². The first-order valence-corrected chi connectivity index (χ1v) is 10.5. The van der Waals surface area contributed by atoms with Gasteiger partial charge in [-0.2, -0.15) is 0 Å². The molecular weight excluding hydrogens is 350 g/mol. The lowest BCUT2D eigenvalue weighted by molar-refractivity contribution is 0.0948. The molecule has 1 unspecified atom stereocenters. The average Bonchev–Trinajstić information content (AvgIpc) is 3.08. The maximum atomic E-state index is 12.4. The van der Waals surface area contributed by atoms with Gasteiger partial charge in [-0.15, -0.1) is 0 Å². The Morgan fingerprint density at radius 1 is 1.15 bits per heavy atom. The highest BCUT2D eigenvalue weighted by atomic mass is 32.2. The summed E-state index contributed by atoms with van der Waals surface area (Å²) in [4.78, 5) is 14.7. The van der Waals surface area contributed by atoms with E-state index >= 15 is 0 Å². The maximum absolute atomic E-state index is 12.4. The van der Waals surface area contributed by atoms with Gasteiger partial charge in [0.1, 0.15) is 0 Å². The van der Waals surface area contributed by atoms with Gasteiger partial charge < -0.3 is 10.2 Å². The van der Waals surface area contributed by atoms with Crippen molar-refractivity contribution >= 4 is 27.3 Å². The fourth-order valence-corrected chi connectivity index (χ4v) is 3.70. The first-order chi connectivity index (χ1) is 12.4. The molecule has 0 bridgehead atoms. The Bertz CT molecular complexity index is 869. The smallest absolute Gasteiger partial charge is 0.251 e. The van der Waals surface area contributed by atoms with Crippen LogP contribution in [0.3, 0.4) is 0 Å². The zero-order valence-corrected chi connectivity index (χ0v) is 15.5. The highest BCUT2D eigenvalue weighted by Crippen LogP contribution is 2.23. The molecule has 1 heterocycles.